The Balaban J connectivity index is 1.52. The Labute approximate surface area is 150 Å². The van der Waals surface area contributed by atoms with Crippen LogP contribution in [-0.4, -0.2) is 37.5 Å². The number of aromatic nitrogens is 4. The maximum atomic E-state index is 12.6. The number of esters is 1. The third kappa shape index (κ3) is 2.69. The molecule has 3 aromatic heterocycles. The van der Waals surface area contributed by atoms with Gasteiger partial charge in [0.1, 0.15) is 5.56 Å². The highest BCUT2D eigenvalue weighted by Crippen LogP contribution is 2.38. The Bertz CT molecular complexity index is 1030. The summed E-state index contributed by atoms with van der Waals surface area (Å²) >= 11 is 0. The van der Waals surface area contributed by atoms with Crippen LogP contribution in [0.15, 0.2) is 24.5 Å². The molecule has 0 aromatic carbocycles. The fourth-order valence-electron chi connectivity index (χ4n) is 3.47. The van der Waals surface area contributed by atoms with Gasteiger partial charge in [0.15, 0.2) is 12.3 Å². The van der Waals surface area contributed by atoms with Crippen molar-refractivity contribution in [2.45, 2.75) is 39.7 Å². The summed E-state index contributed by atoms with van der Waals surface area (Å²) in [6, 6.07) is 4.12. The van der Waals surface area contributed by atoms with E-state index in [2.05, 4.69) is 14.6 Å². The molecular weight excluding hydrogens is 332 g/mol. The second-order valence-corrected chi connectivity index (χ2v) is 6.73. The van der Waals surface area contributed by atoms with Gasteiger partial charge in [-0.15, -0.1) is 0 Å². The number of hydrogen-bond donors (Lipinski definition) is 0. The highest BCUT2D eigenvalue weighted by molar-refractivity contribution is 6.02. The summed E-state index contributed by atoms with van der Waals surface area (Å²) in [5, 5.41) is 4.24. The van der Waals surface area contributed by atoms with E-state index in [1.165, 1.54) is 4.52 Å². The van der Waals surface area contributed by atoms with Gasteiger partial charge in [0, 0.05) is 35.4 Å². The second kappa shape index (κ2) is 6.09. The largest absolute Gasteiger partial charge is 0.454 e. The first-order chi connectivity index (χ1) is 12.5. The zero-order valence-electron chi connectivity index (χ0n) is 15.0. The van der Waals surface area contributed by atoms with Crippen LogP contribution in [0.3, 0.4) is 0 Å². The molecule has 0 unspecified atom stereocenters. The van der Waals surface area contributed by atoms with E-state index in [4.69, 9.17) is 4.74 Å². The molecule has 134 valence electrons. The maximum Gasteiger partial charge on any atom is 0.344 e. The third-order valence-electron chi connectivity index (χ3n) is 4.81. The molecule has 0 atom stereocenters. The molecule has 26 heavy (non-hydrogen) atoms. The molecule has 3 heterocycles. The molecule has 0 saturated heterocycles. The summed E-state index contributed by atoms with van der Waals surface area (Å²) in [6.45, 7) is 5.37. The van der Waals surface area contributed by atoms with Gasteiger partial charge in [-0.1, -0.05) is 0 Å². The van der Waals surface area contributed by atoms with Crippen LogP contribution in [0.5, 0.6) is 0 Å². The molecule has 1 saturated carbocycles. The number of hydrogen-bond acceptors (Lipinski definition) is 5. The Morgan fingerprint density at radius 3 is 2.77 bits per heavy atom. The SMILES string of the molecule is Cc1nn2cccnc2c1C(=O)OCC(=O)c1cc(C)n(C2CC2)c1C. The molecule has 0 aliphatic heterocycles. The van der Waals surface area contributed by atoms with E-state index in [9.17, 15) is 9.59 Å². The first-order valence-corrected chi connectivity index (χ1v) is 8.66. The molecular formula is C19H20N4O3. The van der Waals surface area contributed by atoms with Crippen LogP contribution in [0.25, 0.3) is 5.65 Å². The maximum absolute atomic E-state index is 12.6. The minimum Gasteiger partial charge on any atom is -0.454 e. The van der Waals surface area contributed by atoms with Crippen molar-refractivity contribution in [2.75, 3.05) is 6.61 Å². The van der Waals surface area contributed by atoms with E-state index in [0.717, 1.165) is 24.2 Å². The molecule has 0 amide bonds. The zero-order chi connectivity index (χ0) is 18.4. The fourth-order valence-corrected chi connectivity index (χ4v) is 3.47. The average Bonchev–Trinajstić information content (AvgIpc) is 3.31. The number of aryl methyl sites for hydroxylation is 2. The molecule has 3 aromatic rings. The summed E-state index contributed by atoms with van der Waals surface area (Å²) in [7, 11) is 0. The minimum atomic E-state index is -0.583. The topological polar surface area (TPSA) is 78.5 Å². The molecule has 1 aliphatic carbocycles. The Kier molecular flexibility index (Phi) is 3.86. The molecule has 0 spiro atoms. The van der Waals surface area contributed by atoms with Crippen molar-refractivity contribution in [3.63, 3.8) is 0 Å². The minimum absolute atomic E-state index is 0.194. The molecule has 1 fully saturated rings. The number of ketones is 1. The van der Waals surface area contributed by atoms with Crippen molar-refractivity contribution in [3.05, 3.63) is 52.7 Å². The highest BCUT2D eigenvalue weighted by atomic mass is 16.5. The summed E-state index contributed by atoms with van der Waals surface area (Å²) in [4.78, 5) is 29.2. The number of carbonyl (C=O) groups is 2. The second-order valence-electron chi connectivity index (χ2n) is 6.73. The quantitative estimate of drug-likeness (QED) is 0.521. The number of Topliss-reactive ketones (excluding diaryl/α,β-unsaturated/α-hetero) is 1. The van der Waals surface area contributed by atoms with Crippen LogP contribution < -0.4 is 0 Å². The fraction of sp³-hybridized carbons (Fsp3) is 0.368. The van der Waals surface area contributed by atoms with E-state index >= 15 is 0 Å². The van der Waals surface area contributed by atoms with Crippen molar-refractivity contribution >= 4 is 17.4 Å². The van der Waals surface area contributed by atoms with Gasteiger partial charge in [-0.2, -0.15) is 5.10 Å². The van der Waals surface area contributed by atoms with Gasteiger partial charge in [-0.05, 0) is 45.7 Å². The lowest BCUT2D eigenvalue weighted by atomic mass is 10.1. The predicted octanol–water partition coefficient (Wildman–Crippen LogP) is 2.83. The van der Waals surface area contributed by atoms with Gasteiger partial charge < -0.3 is 9.30 Å². The standard InChI is InChI=1S/C19H20N4O3/c1-11-9-15(13(3)23(11)14-5-6-14)16(24)10-26-19(25)17-12(2)21-22-8-4-7-20-18(17)22/h4,7-9,14H,5-6,10H2,1-3H3. The van der Waals surface area contributed by atoms with E-state index < -0.39 is 5.97 Å². The lowest BCUT2D eigenvalue weighted by Gasteiger charge is -2.08. The Morgan fingerprint density at radius 2 is 2.04 bits per heavy atom. The molecule has 0 bridgehead atoms. The van der Waals surface area contributed by atoms with Gasteiger partial charge >= 0.3 is 5.97 Å². The lowest BCUT2D eigenvalue weighted by molar-refractivity contribution is 0.0475. The predicted molar refractivity (Wildman–Crippen MR) is 94.5 cm³/mol. The summed E-state index contributed by atoms with van der Waals surface area (Å²) in [5.41, 5.74) is 3.88. The monoisotopic (exact) mass is 352 g/mol. The van der Waals surface area contributed by atoms with Crippen LogP contribution in [0, 0.1) is 20.8 Å². The van der Waals surface area contributed by atoms with Crippen molar-refractivity contribution in [2.24, 2.45) is 0 Å². The van der Waals surface area contributed by atoms with Crippen LogP contribution in [-0.2, 0) is 4.74 Å². The van der Waals surface area contributed by atoms with Gasteiger partial charge in [0.05, 0.1) is 5.69 Å². The molecule has 1 aliphatic rings. The number of nitrogens with zero attached hydrogens (tertiary/aromatic N) is 4. The van der Waals surface area contributed by atoms with Gasteiger partial charge in [0.25, 0.3) is 0 Å². The van der Waals surface area contributed by atoms with Crippen LogP contribution >= 0.6 is 0 Å². The van der Waals surface area contributed by atoms with Crippen LogP contribution in [0.2, 0.25) is 0 Å². The Morgan fingerprint density at radius 1 is 1.27 bits per heavy atom. The van der Waals surface area contributed by atoms with Crippen LogP contribution in [0.1, 0.15) is 56.7 Å². The van der Waals surface area contributed by atoms with Crippen molar-refractivity contribution < 1.29 is 14.3 Å². The van der Waals surface area contributed by atoms with E-state index in [1.54, 1.807) is 25.4 Å². The normalized spacial score (nSPS) is 14.0. The van der Waals surface area contributed by atoms with Crippen molar-refractivity contribution in [1.29, 1.82) is 0 Å². The highest BCUT2D eigenvalue weighted by Gasteiger charge is 2.29. The lowest BCUT2D eigenvalue weighted by Crippen LogP contribution is -2.15. The van der Waals surface area contributed by atoms with E-state index in [-0.39, 0.29) is 12.4 Å². The smallest absolute Gasteiger partial charge is 0.344 e. The summed E-state index contributed by atoms with van der Waals surface area (Å²) < 4.78 is 9.01. The van der Waals surface area contributed by atoms with E-state index in [0.29, 0.717) is 28.5 Å². The first kappa shape index (κ1) is 16.5. The number of carbonyl (C=O) groups excluding carboxylic acids is 2. The van der Waals surface area contributed by atoms with Crippen LogP contribution in [0.4, 0.5) is 0 Å². The van der Waals surface area contributed by atoms with Gasteiger partial charge in [-0.3, -0.25) is 4.79 Å². The first-order valence-electron chi connectivity index (χ1n) is 8.66. The Hall–Kier alpha value is -2.96. The van der Waals surface area contributed by atoms with E-state index in [1.807, 2.05) is 19.9 Å². The average molecular weight is 352 g/mol. The molecule has 0 N–H and O–H groups in total. The van der Waals surface area contributed by atoms with Gasteiger partial charge in [0.2, 0.25) is 5.78 Å². The molecule has 0 radical (unpaired) electrons. The van der Waals surface area contributed by atoms with Crippen molar-refractivity contribution in [1.82, 2.24) is 19.2 Å². The number of rotatable bonds is 5. The molecule has 7 nitrogen and oxygen atoms in total. The van der Waals surface area contributed by atoms with Crippen molar-refractivity contribution in [3.8, 4) is 0 Å². The summed E-state index contributed by atoms with van der Waals surface area (Å²) in [6.07, 6.45) is 5.61. The summed E-state index contributed by atoms with van der Waals surface area (Å²) in [5.74, 6) is -0.777. The zero-order valence-corrected chi connectivity index (χ0v) is 15.0. The van der Waals surface area contributed by atoms with Gasteiger partial charge in [-0.25, -0.2) is 14.3 Å². The third-order valence-corrected chi connectivity index (χ3v) is 4.81. The molecule has 7 heteroatoms. The number of ether oxygens (including phenoxy) is 1. The number of fused-ring (bicyclic) bond motifs is 1. The molecule has 4 rings (SSSR count).